The third-order valence-electron chi connectivity index (χ3n) is 3.00. The lowest BCUT2D eigenvalue weighted by Crippen LogP contribution is -2.22. The fraction of sp³-hybridized carbons (Fsp3) is 0.286. The smallest absolute Gasteiger partial charge is 0.338 e. The SMILES string of the molecule is CCN(CC)c1ccc(/N=N/c2nccs2)c(C(=O)O)c1. The van der Waals surface area contributed by atoms with Gasteiger partial charge in [0.15, 0.2) is 0 Å². The normalized spacial score (nSPS) is 11.0. The van der Waals surface area contributed by atoms with Crippen LogP contribution in [0.3, 0.4) is 0 Å². The third-order valence-corrected chi connectivity index (χ3v) is 3.66. The van der Waals surface area contributed by atoms with Crippen LogP contribution < -0.4 is 4.90 Å². The van der Waals surface area contributed by atoms with Crippen molar-refractivity contribution in [2.24, 2.45) is 10.2 Å². The zero-order valence-electron chi connectivity index (χ0n) is 11.9. The number of carboxylic acid groups (broad SMARTS) is 1. The molecule has 0 unspecified atom stereocenters. The minimum atomic E-state index is -1.02. The Morgan fingerprint density at radius 3 is 2.67 bits per heavy atom. The Morgan fingerprint density at radius 2 is 2.10 bits per heavy atom. The Hall–Kier alpha value is -2.28. The number of azo groups is 1. The first kappa shape index (κ1) is 15.1. The lowest BCUT2D eigenvalue weighted by molar-refractivity contribution is 0.0698. The maximum Gasteiger partial charge on any atom is 0.338 e. The fourth-order valence-electron chi connectivity index (χ4n) is 1.93. The highest BCUT2D eigenvalue weighted by atomic mass is 32.1. The van der Waals surface area contributed by atoms with E-state index in [-0.39, 0.29) is 5.56 Å². The maximum atomic E-state index is 11.4. The molecule has 2 aromatic rings. The van der Waals surface area contributed by atoms with Gasteiger partial charge >= 0.3 is 5.97 Å². The number of anilines is 1. The molecule has 1 aromatic heterocycles. The largest absolute Gasteiger partial charge is 0.478 e. The van der Waals surface area contributed by atoms with E-state index in [1.807, 2.05) is 19.9 Å². The summed E-state index contributed by atoms with van der Waals surface area (Å²) in [5.41, 5.74) is 1.33. The zero-order valence-corrected chi connectivity index (χ0v) is 12.7. The van der Waals surface area contributed by atoms with Crippen molar-refractivity contribution in [3.63, 3.8) is 0 Å². The predicted molar refractivity (Wildman–Crippen MR) is 83.3 cm³/mol. The number of carbonyl (C=O) groups is 1. The van der Waals surface area contributed by atoms with Crippen molar-refractivity contribution in [1.82, 2.24) is 4.98 Å². The Bertz CT molecular complexity index is 636. The average molecular weight is 304 g/mol. The molecule has 0 bridgehead atoms. The van der Waals surface area contributed by atoms with E-state index < -0.39 is 5.97 Å². The molecular formula is C14H16N4O2S. The van der Waals surface area contributed by atoms with Crippen molar-refractivity contribution in [3.8, 4) is 0 Å². The molecule has 0 amide bonds. The molecular weight excluding hydrogens is 288 g/mol. The van der Waals surface area contributed by atoms with Gasteiger partial charge in [-0.05, 0) is 32.0 Å². The molecule has 6 nitrogen and oxygen atoms in total. The molecule has 0 aliphatic carbocycles. The number of rotatable bonds is 6. The zero-order chi connectivity index (χ0) is 15.2. The van der Waals surface area contributed by atoms with Crippen LogP contribution in [0.25, 0.3) is 0 Å². The van der Waals surface area contributed by atoms with Gasteiger partial charge in [-0.1, -0.05) is 0 Å². The van der Waals surface area contributed by atoms with Gasteiger partial charge in [-0.15, -0.1) is 21.6 Å². The van der Waals surface area contributed by atoms with Crippen molar-refractivity contribution in [2.75, 3.05) is 18.0 Å². The van der Waals surface area contributed by atoms with E-state index in [0.717, 1.165) is 18.8 Å². The summed E-state index contributed by atoms with van der Waals surface area (Å²) in [4.78, 5) is 17.5. The molecule has 21 heavy (non-hydrogen) atoms. The van der Waals surface area contributed by atoms with Gasteiger partial charge in [0.05, 0.1) is 5.56 Å². The van der Waals surface area contributed by atoms with Crippen molar-refractivity contribution < 1.29 is 9.90 Å². The first-order valence-electron chi connectivity index (χ1n) is 6.59. The molecule has 1 heterocycles. The number of aromatic carboxylic acids is 1. The highest BCUT2D eigenvalue weighted by Gasteiger charge is 2.13. The Balaban J connectivity index is 2.35. The van der Waals surface area contributed by atoms with Crippen LogP contribution >= 0.6 is 11.3 Å². The van der Waals surface area contributed by atoms with Gasteiger partial charge in [0, 0.05) is 30.4 Å². The standard InChI is InChI=1S/C14H16N4O2S/c1-3-18(4-2)10-5-6-12(11(9-10)13(19)20)16-17-14-15-7-8-21-14/h5-9H,3-4H2,1-2H3,(H,19,20)/b17-16+. The summed E-state index contributed by atoms with van der Waals surface area (Å²) < 4.78 is 0. The molecule has 0 spiro atoms. The third kappa shape index (κ3) is 3.63. The summed E-state index contributed by atoms with van der Waals surface area (Å²) in [5, 5.41) is 19.6. The van der Waals surface area contributed by atoms with Gasteiger partial charge in [-0.3, -0.25) is 0 Å². The van der Waals surface area contributed by atoms with Crippen LogP contribution in [-0.2, 0) is 0 Å². The van der Waals surface area contributed by atoms with E-state index in [2.05, 4.69) is 20.1 Å². The van der Waals surface area contributed by atoms with E-state index in [9.17, 15) is 9.90 Å². The fourth-order valence-corrected chi connectivity index (χ4v) is 2.38. The maximum absolute atomic E-state index is 11.4. The molecule has 0 aliphatic heterocycles. The lowest BCUT2D eigenvalue weighted by atomic mass is 10.1. The molecule has 0 saturated carbocycles. The van der Waals surface area contributed by atoms with Gasteiger partial charge in [-0.2, -0.15) is 0 Å². The number of benzene rings is 1. The molecule has 0 fully saturated rings. The summed E-state index contributed by atoms with van der Waals surface area (Å²) >= 11 is 1.34. The second kappa shape index (κ2) is 6.94. The first-order valence-corrected chi connectivity index (χ1v) is 7.47. The summed E-state index contributed by atoms with van der Waals surface area (Å²) in [6.45, 7) is 5.69. The van der Waals surface area contributed by atoms with E-state index >= 15 is 0 Å². The molecule has 0 radical (unpaired) electrons. The molecule has 7 heteroatoms. The Labute approximate surface area is 126 Å². The van der Waals surface area contributed by atoms with Crippen LogP contribution in [0.4, 0.5) is 16.5 Å². The van der Waals surface area contributed by atoms with Crippen molar-refractivity contribution in [2.45, 2.75) is 13.8 Å². The van der Waals surface area contributed by atoms with E-state index in [0.29, 0.717) is 10.8 Å². The van der Waals surface area contributed by atoms with Crippen LogP contribution in [0.1, 0.15) is 24.2 Å². The van der Waals surface area contributed by atoms with Gasteiger partial charge in [0.1, 0.15) is 5.69 Å². The number of nitrogens with zero attached hydrogens (tertiary/aromatic N) is 4. The van der Waals surface area contributed by atoms with Crippen molar-refractivity contribution in [3.05, 3.63) is 35.3 Å². The highest BCUT2D eigenvalue weighted by Crippen LogP contribution is 2.27. The second-order valence-corrected chi connectivity index (χ2v) is 5.07. The Kier molecular flexibility index (Phi) is 4.99. The second-order valence-electron chi connectivity index (χ2n) is 4.19. The highest BCUT2D eigenvalue weighted by molar-refractivity contribution is 7.13. The number of hydrogen-bond acceptors (Lipinski definition) is 6. The van der Waals surface area contributed by atoms with E-state index in [1.165, 1.54) is 11.3 Å². The van der Waals surface area contributed by atoms with Crippen molar-refractivity contribution >= 4 is 33.8 Å². The van der Waals surface area contributed by atoms with Crippen LogP contribution in [0.2, 0.25) is 0 Å². The first-order chi connectivity index (χ1) is 10.2. The van der Waals surface area contributed by atoms with E-state index in [4.69, 9.17) is 0 Å². The quantitative estimate of drug-likeness (QED) is 0.815. The number of hydrogen-bond donors (Lipinski definition) is 1. The van der Waals surface area contributed by atoms with Crippen molar-refractivity contribution in [1.29, 1.82) is 0 Å². The number of thiazole rings is 1. The summed E-state index contributed by atoms with van der Waals surface area (Å²) in [7, 11) is 0. The van der Waals surface area contributed by atoms with E-state index in [1.54, 1.807) is 23.7 Å². The van der Waals surface area contributed by atoms with Gasteiger partial charge < -0.3 is 10.0 Å². The molecule has 0 saturated heterocycles. The van der Waals surface area contributed by atoms with Gasteiger partial charge in [0.25, 0.3) is 0 Å². The minimum absolute atomic E-state index is 0.139. The van der Waals surface area contributed by atoms with Crippen LogP contribution in [0.5, 0.6) is 0 Å². The average Bonchev–Trinajstić information content (AvgIpc) is 3.00. The summed E-state index contributed by atoms with van der Waals surface area (Å²) in [6, 6.07) is 5.16. The van der Waals surface area contributed by atoms with Gasteiger partial charge in [-0.25, -0.2) is 9.78 Å². The van der Waals surface area contributed by atoms with Crippen LogP contribution in [-0.4, -0.2) is 29.1 Å². The number of aromatic nitrogens is 1. The Morgan fingerprint density at radius 1 is 1.33 bits per heavy atom. The molecule has 110 valence electrons. The monoisotopic (exact) mass is 304 g/mol. The molecule has 1 aromatic carbocycles. The van der Waals surface area contributed by atoms with Crippen LogP contribution in [0, 0.1) is 0 Å². The van der Waals surface area contributed by atoms with Crippen LogP contribution in [0.15, 0.2) is 40.0 Å². The molecule has 0 atom stereocenters. The minimum Gasteiger partial charge on any atom is -0.478 e. The van der Waals surface area contributed by atoms with Gasteiger partial charge in [0.2, 0.25) is 5.13 Å². The summed E-state index contributed by atoms with van der Waals surface area (Å²) in [6.07, 6.45) is 1.63. The predicted octanol–water partition coefficient (Wildman–Crippen LogP) is 4.10. The molecule has 1 N–H and O–H groups in total. The number of carboxylic acids is 1. The summed E-state index contributed by atoms with van der Waals surface area (Å²) in [5.74, 6) is -1.02. The lowest BCUT2D eigenvalue weighted by Gasteiger charge is -2.21. The topological polar surface area (TPSA) is 78.2 Å². The molecule has 0 aliphatic rings. The molecule has 2 rings (SSSR count).